The van der Waals surface area contributed by atoms with Gasteiger partial charge in [0, 0.05) is 36.3 Å². The number of fused-ring (bicyclic) bond motifs is 1. The Balaban J connectivity index is 1.35. The maximum Gasteiger partial charge on any atom is 0.407 e. The second-order valence-corrected chi connectivity index (χ2v) is 12.0. The molecule has 2 heterocycles. The number of hydrogen-bond donors (Lipinski definition) is 2. The lowest BCUT2D eigenvalue weighted by Gasteiger charge is -2.25. The average Bonchev–Trinajstić information content (AvgIpc) is 3.68. The molecule has 0 spiro atoms. The van der Waals surface area contributed by atoms with E-state index in [0.717, 1.165) is 38.5 Å². The Labute approximate surface area is 249 Å². The van der Waals surface area contributed by atoms with Crippen molar-refractivity contribution < 1.29 is 37.3 Å². The van der Waals surface area contributed by atoms with Gasteiger partial charge in [-0.2, -0.15) is 8.78 Å². The van der Waals surface area contributed by atoms with Crippen LogP contribution in [0.5, 0.6) is 17.2 Å². The summed E-state index contributed by atoms with van der Waals surface area (Å²) in [5.74, 6) is -0.0630. The van der Waals surface area contributed by atoms with Gasteiger partial charge in [0.15, 0.2) is 0 Å². The number of methoxy groups -OCH3 is 1. The molecular formula is C31H38F2N4O6. The van der Waals surface area contributed by atoms with Crippen LogP contribution in [0.2, 0.25) is 0 Å². The highest BCUT2D eigenvalue weighted by Gasteiger charge is 2.29. The second kappa shape index (κ2) is 12.6. The number of pyridine rings is 1. The van der Waals surface area contributed by atoms with Crippen LogP contribution in [-0.2, 0) is 4.74 Å². The van der Waals surface area contributed by atoms with E-state index in [9.17, 15) is 18.4 Å². The monoisotopic (exact) mass is 600 g/mol. The Morgan fingerprint density at radius 2 is 1.77 bits per heavy atom. The van der Waals surface area contributed by atoms with Gasteiger partial charge in [0.2, 0.25) is 0 Å². The lowest BCUT2D eigenvalue weighted by atomic mass is 10.1. The van der Waals surface area contributed by atoms with E-state index in [1.54, 1.807) is 28.9 Å². The minimum atomic E-state index is -3.13. The number of nitrogens with zero attached hydrogens (tertiary/aromatic N) is 2. The van der Waals surface area contributed by atoms with Gasteiger partial charge >= 0.3 is 12.7 Å². The zero-order valence-corrected chi connectivity index (χ0v) is 24.8. The summed E-state index contributed by atoms with van der Waals surface area (Å²) < 4.78 is 50.5. The van der Waals surface area contributed by atoms with Crippen molar-refractivity contribution in [3.63, 3.8) is 0 Å². The predicted octanol–water partition coefficient (Wildman–Crippen LogP) is 6.11. The molecule has 2 fully saturated rings. The molecule has 3 aromatic rings. The van der Waals surface area contributed by atoms with Crippen molar-refractivity contribution in [3.8, 4) is 28.5 Å². The summed E-state index contributed by atoms with van der Waals surface area (Å²) in [4.78, 5) is 29.7. The molecule has 10 nitrogen and oxygen atoms in total. The van der Waals surface area contributed by atoms with E-state index in [1.165, 1.54) is 13.2 Å². The van der Waals surface area contributed by atoms with Gasteiger partial charge in [0.1, 0.15) is 40.2 Å². The van der Waals surface area contributed by atoms with Crippen molar-refractivity contribution >= 4 is 17.6 Å². The zero-order valence-electron chi connectivity index (χ0n) is 24.8. The molecule has 2 aromatic heterocycles. The molecular weight excluding hydrogens is 562 g/mol. The number of hydrogen-bond acceptors (Lipinski definition) is 7. The van der Waals surface area contributed by atoms with Crippen LogP contribution in [0.1, 0.15) is 76.1 Å². The van der Waals surface area contributed by atoms with Gasteiger partial charge in [-0.1, -0.05) is 6.42 Å². The lowest BCUT2D eigenvalue weighted by molar-refractivity contribution is -0.0502. The van der Waals surface area contributed by atoms with Gasteiger partial charge in [-0.3, -0.25) is 9.20 Å². The van der Waals surface area contributed by atoms with Gasteiger partial charge in [-0.05, 0) is 71.1 Å². The molecule has 0 radical (unpaired) electrons. The Bertz CT molecular complexity index is 1470. The van der Waals surface area contributed by atoms with Crippen LogP contribution in [0.3, 0.4) is 0 Å². The SMILES string of the molecule is COc1cc(-c2cnc3cc(O[C@H]4CCCC[C@@H](NC(=O)OC(C)(C)C)C4)ccn23)cc(OC(F)F)c1C(=O)NC1CC1. The number of carbonyl (C=O) groups excluding carboxylic acids is 2. The third-order valence-corrected chi connectivity index (χ3v) is 7.32. The number of aromatic nitrogens is 2. The number of amides is 2. The molecule has 2 atom stereocenters. The summed E-state index contributed by atoms with van der Waals surface area (Å²) in [5.41, 5.74) is 1.00. The number of alkyl halides is 2. The van der Waals surface area contributed by atoms with E-state index < -0.39 is 24.2 Å². The second-order valence-electron chi connectivity index (χ2n) is 12.0. The molecule has 2 aliphatic rings. The highest BCUT2D eigenvalue weighted by molar-refractivity contribution is 6.01. The van der Waals surface area contributed by atoms with E-state index in [-0.39, 0.29) is 35.3 Å². The van der Waals surface area contributed by atoms with Crippen LogP contribution in [0.15, 0.2) is 36.7 Å². The van der Waals surface area contributed by atoms with E-state index in [1.807, 2.05) is 26.8 Å². The Kier molecular flexibility index (Phi) is 8.93. The van der Waals surface area contributed by atoms with E-state index in [0.29, 0.717) is 29.1 Å². The third-order valence-electron chi connectivity index (χ3n) is 7.32. The quantitative estimate of drug-likeness (QED) is 0.285. The van der Waals surface area contributed by atoms with Crippen molar-refractivity contribution in [3.05, 3.63) is 42.2 Å². The highest BCUT2D eigenvalue weighted by atomic mass is 19.3. The van der Waals surface area contributed by atoms with Crippen molar-refractivity contribution in [2.75, 3.05) is 7.11 Å². The van der Waals surface area contributed by atoms with Gasteiger partial charge < -0.3 is 29.6 Å². The fourth-order valence-electron chi connectivity index (χ4n) is 5.27. The number of imidazole rings is 1. The maximum absolute atomic E-state index is 13.4. The molecule has 2 amide bonds. The van der Waals surface area contributed by atoms with Crippen LogP contribution >= 0.6 is 0 Å². The summed E-state index contributed by atoms with van der Waals surface area (Å²) in [6.45, 7) is 2.37. The predicted molar refractivity (Wildman–Crippen MR) is 155 cm³/mol. The van der Waals surface area contributed by atoms with Crippen LogP contribution < -0.4 is 24.8 Å². The Hall–Kier alpha value is -4.09. The van der Waals surface area contributed by atoms with E-state index in [4.69, 9.17) is 18.9 Å². The number of nitrogens with one attached hydrogen (secondary N) is 2. The number of halogens is 2. The maximum atomic E-state index is 13.4. The van der Waals surface area contributed by atoms with Crippen molar-refractivity contribution in [1.82, 2.24) is 20.0 Å². The summed E-state index contributed by atoms with van der Waals surface area (Å²) in [7, 11) is 1.37. The molecule has 43 heavy (non-hydrogen) atoms. The van der Waals surface area contributed by atoms with Crippen LogP contribution in [0.4, 0.5) is 13.6 Å². The number of alkyl carbamates (subject to hydrolysis) is 1. The molecule has 2 saturated carbocycles. The Morgan fingerprint density at radius 3 is 2.47 bits per heavy atom. The molecule has 0 bridgehead atoms. The first-order valence-electron chi connectivity index (χ1n) is 14.6. The average molecular weight is 601 g/mol. The zero-order chi connectivity index (χ0) is 30.7. The fourth-order valence-corrected chi connectivity index (χ4v) is 5.27. The van der Waals surface area contributed by atoms with Crippen LogP contribution in [0.25, 0.3) is 16.9 Å². The first-order valence-corrected chi connectivity index (χ1v) is 14.6. The van der Waals surface area contributed by atoms with Crippen LogP contribution in [-0.4, -0.2) is 58.9 Å². The number of benzene rings is 1. The van der Waals surface area contributed by atoms with Crippen LogP contribution in [0, 0.1) is 0 Å². The van der Waals surface area contributed by atoms with Gasteiger partial charge in [0.25, 0.3) is 5.91 Å². The van der Waals surface area contributed by atoms with Crippen molar-refractivity contribution in [2.45, 2.75) is 96.1 Å². The fraction of sp³-hybridized carbons (Fsp3) is 0.516. The normalized spacial score (nSPS) is 19.0. The first-order chi connectivity index (χ1) is 20.5. The van der Waals surface area contributed by atoms with E-state index in [2.05, 4.69) is 15.6 Å². The highest BCUT2D eigenvalue weighted by Crippen LogP contribution is 2.37. The van der Waals surface area contributed by atoms with Gasteiger partial charge in [-0.25, -0.2) is 9.78 Å². The third kappa shape index (κ3) is 7.85. The number of ether oxygens (including phenoxy) is 4. The topological polar surface area (TPSA) is 112 Å². The number of rotatable bonds is 9. The molecule has 0 unspecified atom stereocenters. The number of carbonyl (C=O) groups is 2. The Morgan fingerprint density at radius 1 is 1.02 bits per heavy atom. The summed E-state index contributed by atoms with van der Waals surface area (Å²) in [6.07, 6.45) is 8.85. The molecule has 1 aromatic carbocycles. The van der Waals surface area contributed by atoms with E-state index >= 15 is 0 Å². The molecule has 12 heteroatoms. The molecule has 232 valence electrons. The molecule has 2 N–H and O–H groups in total. The summed E-state index contributed by atoms with van der Waals surface area (Å²) in [6, 6.07) is 6.58. The minimum Gasteiger partial charge on any atom is -0.496 e. The molecule has 0 saturated heterocycles. The van der Waals surface area contributed by atoms with Crippen molar-refractivity contribution in [2.24, 2.45) is 0 Å². The standard InChI is InChI=1S/C31H38F2N4O6/c1-31(2,3)43-30(39)36-20-7-5-6-8-21(15-20)41-22-11-12-37-23(17-34-26(37)16-22)18-13-24(40-4)27(25(14-18)42-29(32)33)28(38)35-19-9-10-19/h11-14,16-17,19-21,29H,5-10,15H2,1-4H3,(H,35,38)(H,36,39)/t20-,21+/m1/s1. The molecule has 0 aliphatic heterocycles. The summed E-state index contributed by atoms with van der Waals surface area (Å²) >= 11 is 0. The minimum absolute atomic E-state index is 0.0246. The largest absolute Gasteiger partial charge is 0.496 e. The van der Waals surface area contributed by atoms with Crippen molar-refractivity contribution in [1.29, 1.82) is 0 Å². The summed E-state index contributed by atoms with van der Waals surface area (Å²) in [5, 5.41) is 5.79. The van der Waals surface area contributed by atoms with Gasteiger partial charge in [-0.15, -0.1) is 0 Å². The molecule has 5 rings (SSSR count). The first kappa shape index (κ1) is 30.4. The van der Waals surface area contributed by atoms with Gasteiger partial charge in [0.05, 0.1) is 19.0 Å². The molecule has 2 aliphatic carbocycles. The lowest BCUT2D eigenvalue weighted by Crippen LogP contribution is -2.40. The smallest absolute Gasteiger partial charge is 0.407 e.